The molecule has 2 rings (SSSR count). The smallest absolute Gasteiger partial charge is 0.141 e. The number of nitrogens with two attached hydrogens (primary N) is 1. The van der Waals surface area contributed by atoms with Gasteiger partial charge in [-0.15, -0.1) is 0 Å². The second kappa shape index (κ2) is 3.29. The standard InChI is InChI=1S/C11H15NO/c12-10-7-6-8-4-2-1-3-5-9(8)11(10)13/h6-7,13H,1-5,12H2. The second-order valence-corrected chi connectivity index (χ2v) is 3.70. The van der Waals surface area contributed by atoms with E-state index in [0.29, 0.717) is 11.4 Å². The number of nitrogen functional groups attached to an aromatic ring is 1. The summed E-state index contributed by atoms with van der Waals surface area (Å²) >= 11 is 0. The van der Waals surface area contributed by atoms with Gasteiger partial charge in [0.25, 0.3) is 0 Å². The van der Waals surface area contributed by atoms with Gasteiger partial charge in [-0.1, -0.05) is 12.5 Å². The molecule has 0 unspecified atom stereocenters. The number of benzene rings is 1. The summed E-state index contributed by atoms with van der Waals surface area (Å²) in [6, 6.07) is 3.86. The average Bonchev–Trinajstić information content (AvgIpc) is 2.36. The molecule has 0 heterocycles. The van der Waals surface area contributed by atoms with Crippen molar-refractivity contribution in [3.8, 4) is 5.75 Å². The third-order valence-corrected chi connectivity index (χ3v) is 2.78. The predicted octanol–water partition coefficient (Wildman–Crippen LogP) is 2.24. The molecule has 1 aromatic carbocycles. The SMILES string of the molecule is Nc1ccc2c(c1O)CCCCC2. The van der Waals surface area contributed by atoms with E-state index in [4.69, 9.17) is 5.73 Å². The maximum absolute atomic E-state index is 9.74. The van der Waals surface area contributed by atoms with E-state index in [1.165, 1.54) is 24.8 Å². The molecule has 0 aromatic heterocycles. The number of aromatic hydroxyl groups is 1. The average molecular weight is 177 g/mol. The monoisotopic (exact) mass is 177 g/mol. The van der Waals surface area contributed by atoms with Gasteiger partial charge in [-0.25, -0.2) is 0 Å². The minimum absolute atomic E-state index is 0.319. The lowest BCUT2D eigenvalue weighted by atomic mass is 10.0. The van der Waals surface area contributed by atoms with Crippen molar-refractivity contribution in [3.63, 3.8) is 0 Å². The Kier molecular flexibility index (Phi) is 2.13. The van der Waals surface area contributed by atoms with Gasteiger partial charge in [0.1, 0.15) is 5.75 Å². The molecule has 3 N–H and O–H groups in total. The van der Waals surface area contributed by atoms with Gasteiger partial charge in [-0.2, -0.15) is 0 Å². The van der Waals surface area contributed by atoms with Crippen LogP contribution in [0.4, 0.5) is 5.69 Å². The van der Waals surface area contributed by atoms with Gasteiger partial charge < -0.3 is 10.8 Å². The molecule has 1 aliphatic rings. The molecular formula is C11H15NO. The lowest BCUT2D eigenvalue weighted by molar-refractivity contribution is 0.469. The van der Waals surface area contributed by atoms with Crippen molar-refractivity contribution >= 4 is 5.69 Å². The molecular weight excluding hydrogens is 162 g/mol. The first-order valence-electron chi connectivity index (χ1n) is 4.88. The summed E-state index contributed by atoms with van der Waals surface area (Å²) in [5.74, 6) is 0.319. The Morgan fingerprint density at radius 2 is 1.85 bits per heavy atom. The lowest BCUT2D eigenvalue weighted by Crippen LogP contribution is -1.95. The highest BCUT2D eigenvalue weighted by Crippen LogP contribution is 2.32. The normalized spacial score (nSPS) is 16.3. The zero-order chi connectivity index (χ0) is 9.26. The van der Waals surface area contributed by atoms with E-state index in [0.717, 1.165) is 18.4 Å². The van der Waals surface area contributed by atoms with Crippen molar-refractivity contribution < 1.29 is 5.11 Å². The largest absolute Gasteiger partial charge is 0.505 e. The van der Waals surface area contributed by atoms with E-state index in [2.05, 4.69) is 6.07 Å². The van der Waals surface area contributed by atoms with Gasteiger partial charge in [0.15, 0.2) is 0 Å². The first-order chi connectivity index (χ1) is 6.29. The molecule has 0 atom stereocenters. The number of phenols is 1. The molecule has 1 aliphatic carbocycles. The van der Waals surface area contributed by atoms with Gasteiger partial charge in [0.05, 0.1) is 5.69 Å². The Hall–Kier alpha value is -1.18. The molecule has 0 bridgehead atoms. The molecule has 13 heavy (non-hydrogen) atoms. The quantitative estimate of drug-likeness (QED) is 0.362. The molecule has 0 amide bonds. The Balaban J connectivity index is 2.48. The molecule has 0 fully saturated rings. The van der Waals surface area contributed by atoms with Gasteiger partial charge in [0.2, 0.25) is 0 Å². The summed E-state index contributed by atoms with van der Waals surface area (Å²) in [5, 5.41) is 9.74. The summed E-state index contributed by atoms with van der Waals surface area (Å²) in [5.41, 5.74) is 8.52. The molecule has 2 nitrogen and oxygen atoms in total. The highest BCUT2D eigenvalue weighted by atomic mass is 16.3. The Labute approximate surface area is 78.4 Å². The van der Waals surface area contributed by atoms with Crippen molar-refractivity contribution in [3.05, 3.63) is 23.3 Å². The van der Waals surface area contributed by atoms with E-state index in [9.17, 15) is 5.11 Å². The van der Waals surface area contributed by atoms with E-state index >= 15 is 0 Å². The first kappa shape index (κ1) is 8.42. The molecule has 0 saturated carbocycles. The minimum atomic E-state index is 0.319. The summed E-state index contributed by atoms with van der Waals surface area (Å²) in [6.07, 6.45) is 5.73. The van der Waals surface area contributed by atoms with Crippen molar-refractivity contribution in [2.45, 2.75) is 32.1 Å². The third-order valence-electron chi connectivity index (χ3n) is 2.78. The number of aryl methyl sites for hydroxylation is 1. The van der Waals surface area contributed by atoms with E-state index in [-0.39, 0.29) is 0 Å². The molecule has 2 heteroatoms. The summed E-state index contributed by atoms with van der Waals surface area (Å²) in [4.78, 5) is 0. The van der Waals surface area contributed by atoms with E-state index < -0.39 is 0 Å². The maximum atomic E-state index is 9.74. The van der Waals surface area contributed by atoms with E-state index in [1.807, 2.05) is 0 Å². The number of hydrogen-bond donors (Lipinski definition) is 2. The van der Waals surface area contributed by atoms with Crippen LogP contribution in [0.25, 0.3) is 0 Å². The predicted molar refractivity (Wildman–Crippen MR) is 53.8 cm³/mol. The Morgan fingerprint density at radius 1 is 1.08 bits per heavy atom. The zero-order valence-corrected chi connectivity index (χ0v) is 7.71. The van der Waals surface area contributed by atoms with Crippen molar-refractivity contribution in [2.75, 3.05) is 5.73 Å². The Bertz CT molecular complexity index is 320. The van der Waals surface area contributed by atoms with Crippen LogP contribution in [0.2, 0.25) is 0 Å². The van der Waals surface area contributed by atoms with Gasteiger partial charge in [-0.05, 0) is 42.9 Å². The molecule has 0 radical (unpaired) electrons. The minimum Gasteiger partial charge on any atom is -0.505 e. The summed E-state index contributed by atoms with van der Waals surface area (Å²) < 4.78 is 0. The summed E-state index contributed by atoms with van der Waals surface area (Å²) in [7, 11) is 0. The fourth-order valence-electron chi connectivity index (χ4n) is 2.00. The molecule has 0 aliphatic heterocycles. The number of anilines is 1. The van der Waals surface area contributed by atoms with Crippen molar-refractivity contribution in [2.24, 2.45) is 0 Å². The van der Waals surface area contributed by atoms with E-state index in [1.54, 1.807) is 6.07 Å². The molecule has 0 saturated heterocycles. The van der Waals surface area contributed by atoms with Gasteiger partial charge >= 0.3 is 0 Å². The number of hydrogen-bond acceptors (Lipinski definition) is 2. The highest BCUT2D eigenvalue weighted by molar-refractivity contribution is 5.58. The fourth-order valence-corrected chi connectivity index (χ4v) is 2.00. The van der Waals surface area contributed by atoms with Crippen LogP contribution < -0.4 is 5.73 Å². The van der Waals surface area contributed by atoms with Crippen LogP contribution in [-0.4, -0.2) is 5.11 Å². The molecule has 1 aromatic rings. The van der Waals surface area contributed by atoms with Crippen molar-refractivity contribution in [1.82, 2.24) is 0 Å². The Morgan fingerprint density at radius 3 is 2.69 bits per heavy atom. The highest BCUT2D eigenvalue weighted by Gasteiger charge is 2.13. The van der Waals surface area contributed by atoms with Crippen LogP contribution >= 0.6 is 0 Å². The number of rotatable bonds is 0. The maximum Gasteiger partial charge on any atom is 0.141 e. The fraction of sp³-hybridized carbons (Fsp3) is 0.455. The summed E-state index contributed by atoms with van der Waals surface area (Å²) in [6.45, 7) is 0. The van der Waals surface area contributed by atoms with Crippen molar-refractivity contribution in [1.29, 1.82) is 0 Å². The molecule has 70 valence electrons. The molecule has 0 spiro atoms. The van der Waals surface area contributed by atoms with Crippen LogP contribution in [0.15, 0.2) is 12.1 Å². The van der Waals surface area contributed by atoms with Gasteiger partial charge in [0, 0.05) is 0 Å². The number of phenolic OH excluding ortho intramolecular Hbond substituents is 1. The van der Waals surface area contributed by atoms with Crippen LogP contribution in [0.3, 0.4) is 0 Å². The second-order valence-electron chi connectivity index (χ2n) is 3.70. The lowest BCUT2D eigenvalue weighted by Gasteiger charge is -2.09. The van der Waals surface area contributed by atoms with Gasteiger partial charge in [-0.3, -0.25) is 0 Å². The van der Waals surface area contributed by atoms with Crippen LogP contribution in [0, 0.1) is 0 Å². The third kappa shape index (κ3) is 1.48. The van der Waals surface area contributed by atoms with Crippen LogP contribution in [0.5, 0.6) is 5.75 Å². The van der Waals surface area contributed by atoms with Crippen LogP contribution in [0.1, 0.15) is 30.4 Å². The topological polar surface area (TPSA) is 46.2 Å². The van der Waals surface area contributed by atoms with Crippen LogP contribution in [-0.2, 0) is 12.8 Å². The first-order valence-corrected chi connectivity index (χ1v) is 4.88. The zero-order valence-electron chi connectivity index (χ0n) is 7.71. The number of fused-ring (bicyclic) bond motifs is 1.